The van der Waals surface area contributed by atoms with Gasteiger partial charge in [0.2, 0.25) is 0 Å². The summed E-state index contributed by atoms with van der Waals surface area (Å²) >= 11 is 0. The summed E-state index contributed by atoms with van der Waals surface area (Å²) in [5, 5.41) is 15.2. The fourth-order valence-corrected chi connectivity index (χ4v) is 4.12. The summed E-state index contributed by atoms with van der Waals surface area (Å²) in [5.74, 6) is -0.103. The Kier molecular flexibility index (Phi) is 11.4. The predicted molar refractivity (Wildman–Crippen MR) is 128 cm³/mol. The normalized spacial score (nSPS) is 11.1. The maximum absolute atomic E-state index is 12.4. The number of benzene rings is 2. The molecular formula is C27H41NO2. The molecule has 0 aliphatic heterocycles. The fourth-order valence-electron chi connectivity index (χ4n) is 4.12. The summed E-state index contributed by atoms with van der Waals surface area (Å²) in [6, 6.07) is 9.43. The van der Waals surface area contributed by atoms with Crippen molar-refractivity contribution in [3.63, 3.8) is 0 Å². The molecule has 0 aliphatic rings. The van der Waals surface area contributed by atoms with Gasteiger partial charge in [0.1, 0.15) is 5.75 Å². The Morgan fingerprint density at radius 1 is 0.767 bits per heavy atom. The molecule has 1 amide bonds. The third kappa shape index (κ3) is 8.01. The van der Waals surface area contributed by atoms with Crippen LogP contribution in [0.1, 0.15) is 106 Å². The van der Waals surface area contributed by atoms with E-state index in [1.165, 1.54) is 70.6 Å². The molecule has 0 bridgehead atoms. The van der Waals surface area contributed by atoms with Gasteiger partial charge in [0.05, 0.1) is 5.56 Å². The first kappa shape index (κ1) is 24.2. The van der Waals surface area contributed by atoms with Crippen LogP contribution in [-0.4, -0.2) is 17.6 Å². The van der Waals surface area contributed by atoms with Gasteiger partial charge in [0.25, 0.3) is 5.91 Å². The lowest BCUT2D eigenvalue weighted by atomic mass is 10.0. The van der Waals surface area contributed by atoms with Gasteiger partial charge in [-0.05, 0) is 30.4 Å². The Bertz CT molecular complexity index is 769. The number of aromatic hydroxyl groups is 1. The van der Waals surface area contributed by atoms with Gasteiger partial charge in [-0.1, -0.05) is 108 Å². The molecule has 2 rings (SSSR count). The van der Waals surface area contributed by atoms with Gasteiger partial charge in [-0.25, -0.2) is 0 Å². The molecule has 2 aromatic carbocycles. The topological polar surface area (TPSA) is 49.3 Å². The van der Waals surface area contributed by atoms with Gasteiger partial charge < -0.3 is 10.4 Å². The van der Waals surface area contributed by atoms with Crippen LogP contribution in [0.25, 0.3) is 10.8 Å². The monoisotopic (exact) mass is 411 g/mol. The minimum Gasteiger partial charge on any atom is -0.506 e. The zero-order valence-corrected chi connectivity index (χ0v) is 19.1. The van der Waals surface area contributed by atoms with E-state index < -0.39 is 0 Å². The molecule has 0 atom stereocenters. The Balaban J connectivity index is 1.54. The minimum atomic E-state index is -0.185. The molecule has 166 valence electrons. The Morgan fingerprint density at radius 2 is 1.33 bits per heavy atom. The van der Waals surface area contributed by atoms with E-state index in [1.807, 2.05) is 31.2 Å². The van der Waals surface area contributed by atoms with E-state index in [1.54, 1.807) is 6.07 Å². The number of hydrogen-bond donors (Lipinski definition) is 2. The van der Waals surface area contributed by atoms with Crippen molar-refractivity contribution in [3.8, 4) is 5.75 Å². The molecule has 0 spiro atoms. The molecule has 3 heteroatoms. The Labute approximate surface area is 183 Å². The highest BCUT2D eigenvalue weighted by atomic mass is 16.3. The molecule has 0 aliphatic carbocycles. The van der Waals surface area contributed by atoms with E-state index in [-0.39, 0.29) is 11.7 Å². The lowest BCUT2D eigenvalue weighted by molar-refractivity contribution is 0.0950. The van der Waals surface area contributed by atoms with Crippen molar-refractivity contribution >= 4 is 16.7 Å². The van der Waals surface area contributed by atoms with Crippen LogP contribution in [0.5, 0.6) is 5.75 Å². The van der Waals surface area contributed by atoms with Crippen LogP contribution in [-0.2, 0) is 0 Å². The number of carbonyl (C=O) groups is 1. The van der Waals surface area contributed by atoms with Gasteiger partial charge in [-0.3, -0.25) is 4.79 Å². The van der Waals surface area contributed by atoms with Crippen molar-refractivity contribution in [2.75, 3.05) is 6.54 Å². The molecule has 0 fully saturated rings. The first-order valence-corrected chi connectivity index (χ1v) is 12.1. The second-order valence-electron chi connectivity index (χ2n) is 8.63. The fraction of sp³-hybridized carbons (Fsp3) is 0.593. The number of amides is 1. The number of fused-ring (bicyclic) bond motifs is 1. The molecule has 0 saturated carbocycles. The lowest BCUT2D eigenvalue weighted by Gasteiger charge is -2.10. The Morgan fingerprint density at radius 3 is 1.93 bits per heavy atom. The molecule has 2 aromatic rings. The predicted octanol–water partition coefficient (Wildman–Crippen LogP) is 7.67. The SMILES string of the molecule is CCCCCCCCCCCCCCCNC(=O)c1ccc2c(C)cccc2c1O. The third-order valence-electron chi connectivity index (χ3n) is 6.06. The maximum atomic E-state index is 12.4. The Hall–Kier alpha value is -2.03. The molecule has 2 N–H and O–H groups in total. The zero-order valence-electron chi connectivity index (χ0n) is 19.1. The summed E-state index contributed by atoms with van der Waals surface area (Å²) in [7, 11) is 0. The smallest absolute Gasteiger partial charge is 0.255 e. The van der Waals surface area contributed by atoms with Gasteiger partial charge >= 0.3 is 0 Å². The first-order chi connectivity index (χ1) is 14.6. The van der Waals surface area contributed by atoms with Crippen molar-refractivity contribution in [2.24, 2.45) is 0 Å². The summed E-state index contributed by atoms with van der Waals surface area (Å²) in [6.07, 6.45) is 17.1. The number of hydrogen-bond acceptors (Lipinski definition) is 2. The van der Waals surface area contributed by atoms with Crippen molar-refractivity contribution < 1.29 is 9.90 Å². The van der Waals surface area contributed by atoms with Crippen LogP contribution < -0.4 is 5.32 Å². The molecule has 30 heavy (non-hydrogen) atoms. The number of nitrogens with one attached hydrogen (secondary N) is 1. The van der Waals surface area contributed by atoms with Crippen LogP contribution >= 0.6 is 0 Å². The summed E-state index contributed by atoms with van der Waals surface area (Å²) < 4.78 is 0. The number of carbonyl (C=O) groups excluding carboxylic acids is 1. The van der Waals surface area contributed by atoms with Gasteiger partial charge in [-0.2, -0.15) is 0 Å². The van der Waals surface area contributed by atoms with Crippen molar-refractivity contribution in [3.05, 3.63) is 41.5 Å². The third-order valence-corrected chi connectivity index (χ3v) is 6.06. The second kappa shape index (κ2) is 14.1. The average molecular weight is 412 g/mol. The molecule has 0 saturated heterocycles. The molecule has 0 aromatic heterocycles. The van der Waals surface area contributed by atoms with E-state index in [4.69, 9.17) is 0 Å². The van der Waals surface area contributed by atoms with Crippen LogP contribution in [0.2, 0.25) is 0 Å². The van der Waals surface area contributed by atoms with E-state index in [2.05, 4.69) is 12.2 Å². The highest BCUT2D eigenvalue weighted by Crippen LogP contribution is 2.30. The largest absolute Gasteiger partial charge is 0.506 e. The van der Waals surface area contributed by atoms with Gasteiger partial charge in [0.15, 0.2) is 0 Å². The number of aryl methyl sites for hydroxylation is 1. The summed E-state index contributed by atoms with van der Waals surface area (Å²) in [4.78, 5) is 12.4. The number of phenolic OH excluding ortho intramolecular Hbond substituents is 1. The number of rotatable bonds is 15. The van der Waals surface area contributed by atoms with Crippen LogP contribution in [0.4, 0.5) is 0 Å². The molecule has 0 unspecified atom stereocenters. The molecular weight excluding hydrogens is 370 g/mol. The molecule has 0 heterocycles. The average Bonchev–Trinajstić information content (AvgIpc) is 2.74. The van der Waals surface area contributed by atoms with Crippen LogP contribution in [0, 0.1) is 6.92 Å². The van der Waals surface area contributed by atoms with Crippen molar-refractivity contribution in [1.29, 1.82) is 0 Å². The summed E-state index contributed by atoms with van der Waals surface area (Å²) in [6.45, 7) is 4.95. The van der Waals surface area contributed by atoms with Crippen molar-refractivity contribution in [2.45, 2.75) is 97.3 Å². The first-order valence-electron chi connectivity index (χ1n) is 12.1. The minimum absolute atomic E-state index is 0.0825. The quantitative estimate of drug-likeness (QED) is 0.295. The summed E-state index contributed by atoms with van der Waals surface area (Å²) in [5.41, 5.74) is 1.46. The van der Waals surface area contributed by atoms with E-state index in [9.17, 15) is 9.90 Å². The van der Waals surface area contributed by atoms with E-state index in [0.717, 1.165) is 29.2 Å². The van der Waals surface area contributed by atoms with E-state index in [0.29, 0.717) is 12.1 Å². The number of unbranched alkanes of at least 4 members (excludes halogenated alkanes) is 12. The molecule has 0 radical (unpaired) electrons. The lowest BCUT2D eigenvalue weighted by Crippen LogP contribution is -2.24. The van der Waals surface area contributed by atoms with Gasteiger partial charge in [-0.15, -0.1) is 0 Å². The standard InChI is InChI=1S/C27H41NO2/c1-3-4-5-6-7-8-9-10-11-12-13-14-15-21-28-27(30)25-20-19-23-22(2)17-16-18-24(23)26(25)29/h16-20,29H,3-15,21H2,1-2H3,(H,28,30). The second-order valence-corrected chi connectivity index (χ2v) is 8.63. The highest BCUT2D eigenvalue weighted by molar-refractivity contribution is 6.04. The van der Waals surface area contributed by atoms with Crippen LogP contribution in [0.15, 0.2) is 30.3 Å². The van der Waals surface area contributed by atoms with Crippen molar-refractivity contribution in [1.82, 2.24) is 5.32 Å². The highest BCUT2D eigenvalue weighted by Gasteiger charge is 2.13. The molecule has 3 nitrogen and oxygen atoms in total. The van der Waals surface area contributed by atoms with E-state index >= 15 is 0 Å². The maximum Gasteiger partial charge on any atom is 0.255 e. The number of phenols is 1. The van der Waals surface area contributed by atoms with Crippen LogP contribution in [0.3, 0.4) is 0 Å². The zero-order chi connectivity index (χ0) is 21.6. The van der Waals surface area contributed by atoms with Gasteiger partial charge in [0, 0.05) is 11.9 Å².